The molecular weight excluding hydrogens is 390 g/mol. The van der Waals surface area contributed by atoms with Crippen molar-refractivity contribution in [1.82, 2.24) is 5.32 Å². The Balaban J connectivity index is 2.06. The van der Waals surface area contributed by atoms with Gasteiger partial charge in [-0.15, -0.1) is 0 Å². The molecule has 27 heavy (non-hydrogen) atoms. The van der Waals surface area contributed by atoms with Crippen LogP contribution in [0, 0.1) is 10.1 Å². The maximum absolute atomic E-state index is 12.1. The lowest BCUT2D eigenvalue weighted by molar-refractivity contribution is -0.384. The fraction of sp³-hybridized carbons (Fsp3) is 0.222. The molecule has 1 aromatic heterocycles. The van der Waals surface area contributed by atoms with E-state index in [0.717, 1.165) is 5.70 Å². The molecule has 0 fully saturated rings. The van der Waals surface area contributed by atoms with Gasteiger partial charge < -0.3 is 9.73 Å². The molecule has 3 rings (SSSR count). The van der Waals surface area contributed by atoms with E-state index in [0.29, 0.717) is 32.8 Å². The van der Waals surface area contributed by atoms with Gasteiger partial charge in [-0.05, 0) is 38.3 Å². The number of aliphatic imine (C=N–C) groups is 1. The predicted molar refractivity (Wildman–Crippen MR) is 106 cm³/mol. The van der Waals surface area contributed by atoms with E-state index in [1.807, 2.05) is 13.2 Å². The molecule has 0 saturated heterocycles. The standard InChI is InChI=1S/C18H16ClN3O4S/c1-9-16(10(2)23)17(21-18(20-9)27-3)15-7-6-14(26-15)12-8-11(22(24)25)4-5-13(12)19/h4-8,17H,1-3H3,(H,20,21)/t17-/m0/s1. The molecule has 1 atom stereocenters. The van der Waals surface area contributed by atoms with Crippen LogP contribution in [0.1, 0.15) is 25.6 Å². The first kappa shape index (κ1) is 19.2. The summed E-state index contributed by atoms with van der Waals surface area (Å²) in [5, 5.41) is 15.1. The van der Waals surface area contributed by atoms with Gasteiger partial charge in [-0.3, -0.25) is 14.9 Å². The number of ketones is 1. The third kappa shape index (κ3) is 3.77. The number of non-ortho nitro benzene ring substituents is 1. The summed E-state index contributed by atoms with van der Waals surface area (Å²) in [7, 11) is 0. The second-order valence-corrected chi connectivity index (χ2v) is 7.09. The van der Waals surface area contributed by atoms with Crippen molar-refractivity contribution in [1.29, 1.82) is 0 Å². The second kappa shape index (κ2) is 7.58. The Bertz CT molecular complexity index is 996. The third-order valence-corrected chi connectivity index (χ3v) is 5.04. The second-order valence-electron chi connectivity index (χ2n) is 5.88. The number of Topliss-reactive ketones (excluding diaryl/α,β-unsaturated/α-hetero) is 1. The summed E-state index contributed by atoms with van der Waals surface area (Å²) in [4.78, 5) is 27.2. The summed E-state index contributed by atoms with van der Waals surface area (Å²) in [6.07, 6.45) is 1.88. The summed E-state index contributed by atoms with van der Waals surface area (Å²) in [6.45, 7) is 3.30. The topological polar surface area (TPSA) is 97.7 Å². The minimum atomic E-state index is -0.586. The van der Waals surface area contributed by atoms with Crippen molar-refractivity contribution in [3.05, 3.63) is 62.5 Å². The van der Waals surface area contributed by atoms with Crippen LogP contribution in [0.4, 0.5) is 5.69 Å². The van der Waals surface area contributed by atoms with Gasteiger partial charge in [0, 0.05) is 29.0 Å². The number of benzene rings is 1. The van der Waals surface area contributed by atoms with Crippen LogP contribution in [-0.2, 0) is 4.79 Å². The number of nitrogens with one attached hydrogen (secondary N) is 1. The molecule has 2 heterocycles. The lowest BCUT2D eigenvalue weighted by Crippen LogP contribution is -2.28. The van der Waals surface area contributed by atoms with Crippen molar-refractivity contribution in [2.24, 2.45) is 4.99 Å². The zero-order valence-electron chi connectivity index (χ0n) is 14.8. The summed E-state index contributed by atoms with van der Waals surface area (Å²) in [6, 6.07) is 6.94. The van der Waals surface area contributed by atoms with E-state index in [2.05, 4.69) is 10.3 Å². The number of allylic oxidation sites excluding steroid dienone is 1. The van der Waals surface area contributed by atoms with Crippen molar-refractivity contribution in [3.63, 3.8) is 0 Å². The van der Waals surface area contributed by atoms with Gasteiger partial charge in [0.1, 0.15) is 17.6 Å². The number of amidine groups is 1. The van der Waals surface area contributed by atoms with Crippen LogP contribution in [-0.4, -0.2) is 22.1 Å². The van der Waals surface area contributed by atoms with E-state index in [9.17, 15) is 14.9 Å². The highest BCUT2D eigenvalue weighted by Crippen LogP contribution is 2.38. The number of rotatable bonds is 4. The molecular formula is C18H16ClN3O4S. The van der Waals surface area contributed by atoms with E-state index >= 15 is 0 Å². The zero-order chi connectivity index (χ0) is 19.7. The largest absolute Gasteiger partial charge is 0.458 e. The minimum absolute atomic E-state index is 0.0860. The van der Waals surface area contributed by atoms with Crippen LogP contribution in [0.25, 0.3) is 11.3 Å². The van der Waals surface area contributed by atoms with Gasteiger partial charge in [0.25, 0.3) is 5.69 Å². The van der Waals surface area contributed by atoms with Crippen molar-refractivity contribution < 1.29 is 14.1 Å². The highest BCUT2D eigenvalue weighted by molar-refractivity contribution is 8.13. The molecule has 0 unspecified atom stereocenters. The first-order chi connectivity index (χ1) is 12.8. The number of halogens is 1. The van der Waals surface area contributed by atoms with Gasteiger partial charge in [-0.25, -0.2) is 4.99 Å². The van der Waals surface area contributed by atoms with E-state index in [1.165, 1.54) is 36.9 Å². The first-order valence-electron chi connectivity index (χ1n) is 7.96. The summed E-state index contributed by atoms with van der Waals surface area (Å²) in [5.41, 5.74) is 1.55. The molecule has 1 aliphatic heterocycles. The first-order valence-corrected chi connectivity index (χ1v) is 9.56. The van der Waals surface area contributed by atoms with Gasteiger partial charge in [0.2, 0.25) is 0 Å². The average Bonchev–Trinajstić information content (AvgIpc) is 3.10. The van der Waals surface area contributed by atoms with Crippen LogP contribution in [0.5, 0.6) is 0 Å². The van der Waals surface area contributed by atoms with Gasteiger partial charge in [-0.2, -0.15) is 0 Å². The van der Waals surface area contributed by atoms with Crippen molar-refractivity contribution >= 4 is 40.0 Å². The smallest absolute Gasteiger partial charge is 0.270 e. The molecule has 0 radical (unpaired) electrons. The fourth-order valence-electron chi connectivity index (χ4n) is 2.87. The quantitative estimate of drug-likeness (QED) is 0.583. The molecule has 0 bridgehead atoms. The molecule has 0 aliphatic carbocycles. The molecule has 0 amide bonds. The maximum atomic E-state index is 12.1. The number of carbonyl (C=O) groups excluding carboxylic acids is 1. The number of hydrogen-bond donors (Lipinski definition) is 1. The van der Waals surface area contributed by atoms with Gasteiger partial charge in [0.15, 0.2) is 11.0 Å². The molecule has 140 valence electrons. The number of nitro groups is 1. The SMILES string of the molecule is CSC1=N[C@@H](c2ccc(-c3cc([N+](=O)[O-])ccc3Cl)o2)C(C(C)=O)=C(C)N1. The van der Waals surface area contributed by atoms with Gasteiger partial charge in [0.05, 0.1) is 9.95 Å². The molecule has 0 spiro atoms. The Morgan fingerprint density at radius 2 is 2.11 bits per heavy atom. The van der Waals surface area contributed by atoms with E-state index in [1.54, 1.807) is 12.1 Å². The van der Waals surface area contributed by atoms with Crippen LogP contribution in [0.3, 0.4) is 0 Å². The lowest BCUT2D eigenvalue weighted by Gasteiger charge is -2.23. The molecule has 9 heteroatoms. The number of nitro benzene ring substituents is 1. The molecule has 0 saturated carbocycles. The summed E-state index contributed by atoms with van der Waals surface area (Å²) < 4.78 is 5.91. The Morgan fingerprint density at radius 1 is 1.37 bits per heavy atom. The molecule has 2 aromatic rings. The highest BCUT2D eigenvalue weighted by atomic mass is 35.5. The van der Waals surface area contributed by atoms with Crippen molar-refractivity contribution in [2.45, 2.75) is 19.9 Å². The van der Waals surface area contributed by atoms with Gasteiger partial charge >= 0.3 is 0 Å². The Hall–Kier alpha value is -2.58. The molecule has 1 aromatic carbocycles. The molecule has 1 N–H and O–H groups in total. The number of furan rings is 1. The molecule has 1 aliphatic rings. The number of hydrogen-bond acceptors (Lipinski definition) is 7. The average molecular weight is 406 g/mol. The highest BCUT2D eigenvalue weighted by Gasteiger charge is 2.29. The fourth-order valence-corrected chi connectivity index (χ4v) is 3.55. The van der Waals surface area contributed by atoms with E-state index in [-0.39, 0.29) is 11.5 Å². The summed E-state index contributed by atoms with van der Waals surface area (Å²) >= 11 is 7.62. The lowest BCUT2D eigenvalue weighted by atomic mass is 9.99. The van der Waals surface area contributed by atoms with Crippen LogP contribution in [0.2, 0.25) is 5.02 Å². The van der Waals surface area contributed by atoms with Crippen molar-refractivity contribution in [2.75, 3.05) is 6.26 Å². The Labute approximate surface area is 164 Å². The van der Waals surface area contributed by atoms with E-state index in [4.69, 9.17) is 16.0 Å². The van der Waals surface area contributed by atoms with E-state index < -0.39 is 11.0 Å². The van der Waals surface area contributed by atoms with Crippen LogP contribution < -0.4 is 5.32 Å². The number of nitrogens with zero attached hydrogens (tertiary/aromatic N) is 2. The predicted octanol–water partition coefficient (Wildman–Crippen LogP) is 4.73. The third-order valence-electron chi connectivity index (χ3n) is 4.11. The van der Waals surface area contributed by atoms with Crippen LogP contribution in [0.15, 0.2) is 51.0 Å². The monoisotopic (exact) mass is 405 g/mol. The number of carbonyl (C=O) groups is 1. The van der Waals surface area contributed by atoms with Gasteiger partial charge in [-0.1, -0.05) is 23.4 Å². The zero-order valence-corrected chi connectivity index (χ0v) is 16.4. The minimum Gasteiger partial charge on any atom is -0.458 e. The van der Waals surface area contributed by atoms with Crippen molar-refractivity contribution in [3.8, 4) is 11.3 Å². The molecule has 7 nitrogen and oxygen atoms in total. The Kier molecular flexibility index (Phi) is 5.38. The van der Waals surface area contributed by atoms with Crippen LogP contribution >= 0.6 is 23.4 Å². The maximum Gasteiger partial charge on any atom is 0.270 e. The normalized spacial score (nSPS) is 16.7. The Morgan fingerprint density at radius 3 is 2.74 bits per heavy atom. The number of thioether (sulfide) groups is 1. The summed E-state index contributed by atoms with van der Waals surface area (Å²) in [5.74, 6) is 0.726.